The summed E-state index contributed by atoms with van der Waals surface area (Å²) in [5.41, 5.74) is 0.853. The molecule has 0 aliphatic carbocycles. The van der Waals surface area contributed by atoms with E-state index in [0.717, 1.165) is 31.4 Å². The number of rotatable bonds is 5. The highest BCUT2D eigenvalue weighted by Crippen LogP contribution is 2.16. The van der Waals surface area contributed by atoms with Gasteiger partial charge in [0.25, 0.3) is 0 Å². The van der Waals surface area contributed by atoms with Crippen LogP contribution in [-0.4, -0.2) is 32.1 Å². The summed E-state index contributed by atoms with van der Waals surface area (Å²) in [5.74, 6) is -0.270. The number of carbonyl (C=O) groups excluding carboxylic acids is 1. The number of hydrogen-bond acceptors (Lipinski definition) is 3. The summed E-state index contributed by atoms with van der Waals surface area (Å²) < 4.78 is 18.2. The normalized spacial score (nSPS) is 19.4. The molecule has 2 rings (SSSR count). The molecule has 1 heterocycles. The maximum atomic E-state index is 12.9. The molecule has 118 valence electrons. The Morgan fingerprint density at radius 3 is 2.71 bits per heavy atom. The van der Waals surface area contributed by atoms with E-state index >= 15 is 0 Å². The lowest BCUT2D eigenvalue weighted by molar-refractivity contribution is -0.124. The molecule has 1 aromatic carbocycles. The van der Waals surface area contributed by atoms with Crippen LogP contribution >= 0.6 is 12.4 Å². The van der Waals surface area contributed by atoms with Crippen molar-refractivity contribution in [2.24, 2.45) is 0 Å². The Balaban J connectivity index is 0.00000220. The van der Waals surface area contributed by atoms with Crippen molar-refractivity contribution in [2.45, 2.75) is 31.4 Å². The maximum absolute atomic E-state index is 12.9. The summed E-state index contributed by atoms with van der Waals surface area (Å²) in [6, 6.07) is 6.04. The summed E-state index contributed by atoms with van der Waals surface area (Å²) in [5, 5.41) is 6.10. The van der Waals surface area contributed by atoms with E-state index in [-0.39, 0.29) is 36.3 Å². The molecule has 21 heavy (non-hydrogen) atoms. The van der Waals surface area contributed by atoms with Crippen molar-refractivity contribution in [1.82, 2.24) is 10.6 Å². The molecule has 1 aliphatic rings. The molecule has 2 atom stereocenters. The average Bonchev–Trinajstić information content (AvgIpc) is 2.50. The highest BCUT2D eigenvalue weighted by atomic mass is 35.5. The highest BCUT2D eigenvalue weighted by Gasteiger charge is 2.21. The Morgan fingerprint density at radius 1 is 1.43 bits per heavy atom. The van der Waals surface area contributed by atoms with Crippen molar-refractivity contribution in [2.75, 3.05) is 20.2 Å². The molecule has 0 bridgehead atoms. The summed E-state index contributed by atoms with van der Waals surface area (Å²) in [6.07, 6.45) is 2.82. The number of nitrogens with one attached hydrogen (secondary N) is 2. The third kappa shape index (κ3) is 5.26. The van der Waals surface area contributed by atoms with Crippen LogP contribution in [0.5, 0.6) is 0 Å². The van der Waals surface area contributed by atoms with E-state index < -0.39 is 0 Å². The number of hydrogen-bond donors (Lipinski definition) is 2. The highest BCUT2D eigenvalue weighted by molar-refractivity contribution is 5.85. The second kappa shape index (κ2) is 8.97. The van der Waals surface area contributed by atoms with E-state index in [1.807, 2.05) is 0 Å². The minimum absolute atomic E-state index is 0. The minimum atomic E-state index is -0.279. The van der Waals surface area contributed by atoms with Gasteiger partial charge in [-0.15, -0.1) is 12.4 Å². The van der Waals surface area contributed by atoms with Gasteiger partial charge in [-0.25, -0.2) is 4.39 Å². The second-order valence-electron chi connectivity index (χ2n) is 5.02. The topological polar surface area (TPSA) is 50.4 Å². The van der Waals surface area contributed by atoms with Gasteiger partial charge in [-0.05, 0) is 37.1 Å². The van der Waals surface area contributed by atoms with Gasteiger partial charge in [-0.1, -0.05) is 18.6 Å². The molecule has 4 nitrogen and oxygen atoms in total. The molecular weight excluding hydrogens is 295 g/mol. The number of methoxy groups -OCH3 is 1. The van der Waals surface area contributed by atoms with Crippen LogP contribution in [0, 0.1) is 5.82 Å². The third-order valence-electron chi connectivity index (χ3n) is 3.61. The molecule has 2 N–H and O–H groups in total. The van der Waals surface area contributed by atoms with Crippen LogP contribution in [0.1, 0.15) is 30.9 Å². The number of carbonyl (C=O) groups is 1. The molecule has 6 heteroatoms. The Hall–Kier alpha value is -1.17. The van der Waals surface area contributed by atoms with Crippen LogP contribution in [0.3, 0.4) is 0 Å². The quantitative estimate of drug-likeness (QED) is 0.875. The van der Waals surface area contributed by atoms with Crippen molar-refractivity contribution < 1.29 is 13.9 Å². The Labute approximate surface area is 130 Å². The largest absolute Gasteiger partial charge is 0.375 e. The summed E-state index contributed by atoms with van der Waals surface area (Å²) >= 11 is 0. The van der Waals surface area contributed by atoms with E-state index in [1.54, 1.807) is 19.2 Å². The van der Waals surface area contributed by atoms with Crippen molar-refractivity contribution in [3.05, 3.63) is 35.6 Å². The molecule has 2 unspecified atom stereocenters. The van der Waals surface area contributed by atoms with Crippen LogP contribution in [0.25, 0.3) is 0 Å². The summed E-state index contributed by atoms with van der Waals surface area (Å²) in [4.78, 5) is 12.0. The fourth-order valence-electron chi connectivity index (χ4n) is 2.41. The lowest BCUT2D eigenvalue weighted by Crippen LogP contribution is -2.47. The van der Waals surface area contributed by atoms with E-state index in [0.29, 0.717) is 6.54 Å². The maximum Gasteiger partial charge on any atom is 0.237 e. The predicted octanol–water partition coefficient (Wildman–Crippen LogP) is 2.19. The molecule has 0 saturated carbocycles. The van der Waals surface area contributed by atoms with Gasteiger partial charge in [-0.2, -0.15) is 0 Å². The van der Waals surface area contributed by atoms with E-state index in [9.17, 15) is 9.18 Å². The van der Waals surface area contributed by atoms with Crippen molar-refractivity contribution in [3.63, 3.8) is 0 Å². The summed E-state index contributed by atoms with van der Waals surface area (Å²) in [7, 11) is 1.58. The van der Waals surface area contributed by atoms with Gasteiger partial charge in [0.15, 0.2) is 0 Å². The first kappa shape index (κ1) is 17.9. The van der Waals surface area contributed by atoms with Gasteiger partial charge in [-0.3, -0.25) is 4.79 Å². The number of piperidine rings is 1. The molecule has 1 saturated heterocycles. The zero-order valence-electron chi connectivity index (χ0n) is 12.1. The Morgan fingerprint density at radius 2 is 2.14 bits per heavy atom. The monoisotopic (exact) mass is 316 g/mol. The smallest absolute Gasteiger partial charge is 0.237 e. The fraction of sp³-hybridized carbons (Fsp3) is 0.533. The van der Waals surface area contributed by atoms with Gasteiger partial charge in [0.1, 0.15) is 5.82 Å². The average molecular weight is 317 g/mol. The second-order valence-corrected chi connectivity index (χ2v) is 5.02. The molecule has 1 aliphatic heterocycles. The standard InChI is InChI=1S/C15H21FN2O2.ClH/c1-20-14(11-5-7-12(16)8-6-11)10-18-15(19)13-4-2-3-9-17-13;/h5-8,13-14,17H,2-4,9-10H2,1H3,(H,18,19);1H. The van der Waals surface area contributed by atoms with Gasteiger partial charge >= 0.3 is 0 Å². The SMILES string of the molecule is COC(CNC(=O)C1CCCCN1)c1ccc(F)cc1.Cl. The van der Waals surface area contributed by atoms with Crippen LogP contribution in [0.4, 0.5) is 4.39 Å². The minimum Gasteiger partial charge on any atom is -0.375 e. The number of amides is 1. The molecule has 1 aromatic rings. The number of benzene rings is 1. The predicted molar refractivity (Wildman–Crippen MR) is 82.0 cm³/mol. The number of ether oxygens (including phenoxy) is 1. The van der Waals surface area contributed by atoms with Crippen LogP contribution in [0.2, 0.25) is 0 Å². The molecular formula is C15H22ClFN2O2. The van der Waals surface area contributed by atoms with E-state index in [1.165, 1.54) is 12.1 Å². The zero-order chi connectivity index (χ0) is 14.4. The molecule has 1 amide bonds. The molecule has 1 fully saturated rings. The first-order valence-electron chi connectivity index (χ1n) is 7.00. The number of halogens is 2. The molecule has 0 aromatic heterocycles. The van der Waals surface area contributed by atoms with Gasteiger partial charge < -0.3 is 15.4 Å². The van der Waals surface area contributed by atoms with E-state index in [2.05, 4.69) is 10.6 Å². The third-order valence-corrected chi connectivity index (χ3v) is 3.61. The van der Waals surface area contributed by atoms with Gasteiger partial charge in [0, 0.05) is 13.7 Å². The van der Waals surface area contributed by atoms with Crippen LogP contribution in [0.15, 0.2) is 24.3 Å². The van der Waals surface area contributed by atoms with Gasteiger partial charge in [0.05, 0.1) is 12.1 Å². The first-order chi connectivity index (χ1) is 9.70. The van der Waals surface area contributed by atoms with Crippen LogP contribution in [-0.2, 0) is 9.53 Å². The van der Waals surface area contributed by atoms with Crippen molar-refractivity contribution in [3.8, 4) is 0 Å². The van der Waals surface area contributed by atoms with Gasteiger partial charge in [0.2, 0.25) is 5.91 Å². The Bertz CT molecular complexity index is 436. The zero-order valence-corrected chi connectivity index (χ0v) is 12.9. The van der Waals surface area contributed by atoms with Crippen LogP contribution < -0.4 is 10.6 Å². The van der Waals surface area contributed by atoms with Crippen molar-refractivity contribution in [1.29, 1.82) is 0 Å². The molecule has 0 radical (unpaired) electrons. The first-order valence-corrected chi connectivity index (χ1v) is 7.00. The van der Waals surface area contributed by atoms with Crippen molar-refractivity contribution >= 4 is 18.3 Å². The lowest BCUT2D eigenvalue weighted by atomic mass is 10.0. The molecule has 0 spiro atoms. The summed E-state index contributed by atoms with van der Waals surface area (Å²) in [6.45, 7) is 1.28. The lowest BCUT2D eigenvalue weighted by Gasteiger charge is -2.24. The Kier molecular flexibility index (Phi) is 7.64. The fourth-order valence-corrected chi connectivity index (χ4v) is 2.41. The van der Waals surface area contributed by atoms with E-state index in [4.69, 9.17) is 4.74 Å².